The lowest BCUT2D eigenvalue weighted by atomic mass is 9.97. The highest BCUT2D eigenvalue weighted by molar-refractivity contribution is 6.16. The fraction of sp³-hybridized carbons (Fsp3) is 0.0476. The lowest BCUT2D eigenvalue weighted by Gasteiger charge is -2.07. The van der Waals surface area contributed by atoms with Gasteiger partial charge in [-0.25, -0.2) is 4.68 Å². The van der Waals surface area contributed by atoms with Crippen LogP contribution in [0.3, 0.4) is 0 Å². The molecule has 1 aromatic heterocycles. The van der Waals surface area contributed by atoms with Crippen LogP contribution in [0.5, 0.6) is 0 Å². The molecule has 0 aliphatic heterocycles. The van der Waals surface area contributed by atoms with Gasteiger partial charge in [0.2, 0.25) is 0 Å². The van der Waals surface area contributed by atoms with Crippen LogP contribution in [-0.4, -0.2) is 26.7 Å². The molecule has 4 N–H and O–H groups in total. The number of amides is 1. The van der Waals surface area contributed by atoms with Crippen molar-refractivity contribution in [1.29, 1.82) is 0 Å². The van der Waals surface area contributed by atoms with Crippen LogP contribution in [0.4, 0.5) is 5.82 Å². The number of hydrogen-bond acceptors (Lipinski definition) is 5. The topological polar surface area (TPSA) is 117 Å². The van der Waals surface area contributed by atoms with Crippen molar-refractivity contribution >= 4 is 28.3 Å². The molecular weight excluding hydrogens is 354 g/mol. The van der Waals surface area contributed by atoms with Gasteiger partial charge in [0, 0.05) is 11.1 Å². The Labute approximate surface area is 160 Å². The minimum atomic E-state index is -0.722. The number of fused-ring (bicyclic) bond motifs is 1. The van der Waals surface area contributed by atoms with E-state index < -0.39 is 5.91 Å². The Balaban J connectivity index is 1.59. The molecule has 0 aliphatic carbocycles. The number of aromatic nitrogens is 3. The summed E-state index contributed by atoms with van der Waals surface area (Å²) < 4.78 is 1.39. The number of nitrogen functional groups attached to an aromatic ring is 1. The largest absolute Gasteiger partial charge is 0.382 e. The molecule has 28 heavy (non-hydrogen) atoms. The second-order valence-corrected chi connectivity index (χ2v) is 6.40. The van der Waals surface area contributed by atoms with Gasteiger partial charge < -0.3 is 11.5 Å². The van der Waals surface area contributed by atoms with Crippen LogP contribution in [0.15, 0.2) is 66.7 Å². The standard InChI is InChI=1S/C21H17N5O2/c22-20-18(21(23)28)24-25-26(20)12-13-8-10-15(11-9-13)19(27)17-7-3-5-14-4-1-2-6-16(14)17/h1-11H,12,22H2,(H2,23,28). The number of rotatable bonds is 5. The second-order valence-electron chi connectivity index (χ2n) is 6.40. The Morgan fingerprint density at radius 2 is 1.64 bits per heavy atom. The quantitative estimate of drug-likeness (QED) is 0.522. The number of carbonyl (C=O) groups excluding carboxylic acids is 2. The van der Waals surface area contributed by atoms with E-state index in [0.717, 1.165) is 16.3 Å². The van der Waals surface area contributed by atoms with E-state index in [2.05, 4.69) is 10.3 Å². The Hall–Kier alpha value is -4.00. The van der Waals surface area contributed by atoms with Crippen LogP contribution in [0.2, 0.25) is 0 Å². The molecule has 4 rings (SSSR count). The molecule has 3 aromatic carbocycles. The van der Waals surface area contributed by atoms with Gasteiger partial charge in [-0.3, -0.25) is 9.59 Å². The fourth-order valence-electron chi connectivity index (χ4n) is 3.13. The minimum absolute atomic E-state index is 0.0420. The molecule has 0 saturated heterocycles. The van der Waals surface area contributed by atoms with Crippen LogP contribution in [0.25, 0.3) is 10.8 Å². The average molecular weight is 371 g/mol. The van der Waals surface area contributed by atoms with Crippen LogP contribution in [-0.2, 0) is 6.54 Å². The monoisotopic (exact) mass is 371 g/mol. The van der Waals surface area contributed by atoms with Crippen molar-refractivity contribution in [3.63, 3.8) is 0 Å². The van der Waals surface area contributed by atoms with E-state index in [9.17, 15) is 9.59 Å². The SMILES string of the molecule is NC(=O)c1nnn(Cc2ccc(C(=O)c3cccc4ccccc34)cc2)c1N. The summed E-state index contributed by atoms with van der Waals surface area (Å²) in [6.07, 6.45) is 0. The fourth-order valence-corrected chi connectivity index (χ4v) is 3.13. The number of nitrogens with zero attached hydrogens (tertiary/aromatic N) is 3. The number of anilines is 1. The van der Waals surface area contributed by atoms with Gasteiger partial charge in [0.1, 0.15) is 0 Å². The highest BCUT2D eigenvalue weighted by atomic mass is 16.1. The Morgan fingerprint density at radius 3 is 2.36 bits per heavy atom. The lowest BCUT2D eigenvalue weighted by Crippen LogP contribution is -2.15. The van der Waals surface area contributed by atoms with Crippen LogP contribution in [0, 0.1) is 0 Å². The molecule has 1 heterocycles. The highest BCUT2D eigenvalue weighted by Crippen LogP contribution is 2.22. The zero-order valence-corrected chi connectivity index (χ0v) is 14.9. The second kappa shape index (κ2) is 6.96. The number of primary amides is 1. The predicted molar refractivity (Wildman–Crippen MR) is 106 cm³/mol. The Morgan fingerprint density at radius 1 is 0.929 bits per heavy atom. The van der Waals surface area contributed by atoms with Crippen molar-refractivity contribution in [2.24, 2.45) is 5.73 Å². The molecular formula is C21H17N5O2. The first-order valence-corrected chi connectivity index (χ1v) is 8.65. The summed E-state index contributed by atoms with van der Waals surface area (Å²) in [5.74, 6) is -0.650. The molecule has 0 bridgehead atoms. The van der Waals surface area contributed by atoms with Crippen molar-refractivity contribution < 1.29 is 9.59 Å². The third-order valence-electron chi connectivity index (χ3n) is 4.59. The van der Waals surface area contributed by atoms with Crippen molar-refractivity contribution in [2.75, 3.05) is 5.73 Å². The molecule has 0 fully saturated rings. The first-order chi connectivity index (χ1) is 13.5. The van der Waals surface area contributed by atoms with Crippen molar-refractivity contribution in [3.05, 3.63) is 89.1 Å². The number of carbonyl (C=O) groups is 2. The van der Waals surface area contributed by atoms with Crippen molar-refractivity contribution in [2.45, 2.75) is 6.54 Å². The molecule has 0 aliphatic rings. The molecule has 4 aromatic rings. The van der Waals surface area contributed by atoms with E-state index in [-0.39, 0.29) is 17.3 Å². The van der Waals surface area contributed by atoms with E-state index >= 15 is 0 Å². The van der Waals surface area contributed by atoms with E-state index in [4.69, 9.17) is 11.5 Å². The van der Waals surface area contributed by atoms with E-state index in [1.165, 1.54) is 4.68 Å². The van der Waals surface area contributed by atoms with Gasteiger partial charge in [-0.05, 0) is 16.3 Å². The lowest BCUT2D eigenvalue weighted by molar-refractivity contribution is 0.0994. The minimum Gasteiger partial charge on any atom is -0.382 e. The summed E-state index contributed by atoms with van der Waals surface area (Å²) in [6, 6.07) is 20.7. The smallest absolute Gasteiger partial charge is 0.273 e. The number of ketones is 1. The summed E-state index contributed by atoms with van der Waals surface area (Å²) in [5, 5.41) is 9.48. The molecule has 0 unspecified atom stereocenters. The molecule has 7 nitrogen and oxygen atoms in total. The highest BCUT2D eigenvalue weighted by Gasteiger charge is 2.15. The summed E-state index contributed by atoms with van der Waals surface area (Å²) >= 11 is 0. The summed E-state index contributed by atoms with van der Waals surface area (Å²) in [5.41, 5.74) is 13.1. The van der Waals surface area contributed by atoms with Gasteiger partial charge in [-0.1, -0.05) is 71.9 Å². The maximum Gasteiger partial charge on any atom is 0.273 e. The molecule has 138 valence electrons. The van der Waals surface area contributed by atoms with E-state index in [1.54, 1.807) is 12.1 Å². The predicted octanol–water partition coefficient (Wildman–Crippen LogP) is 2.39. The van der Waals surface area contributed by atoms with Gasteiger partial charge in [0.05, 0.1) is 6.54 Å². The maximum absolute atomic E-state index is 13.0. The molecule has 0 atom stereocenters. The normalized spacial score (nSPS) is 10.9. The molecule has 1 amide bonds. The van der Waals surface area contributed by atoms with Gasteiger partial charge in [-0.15, -0.1) is 5.10 Å². The maximum atomic E-state index is 13.0. The molecule has 0 saturated carbocycles. The van der Waals surface area contributed by atoms with Gasteiger partial charge in [0.15, 0.2) is 17.3 Å². The first-order valence-electron chi connectivity index (χ1n) is 8.65. The summed E-state index contributed by atoms with van der Waals surface area (Å²) in [4.78, 5) is 24.2. The number of benzene rings is 3. The van der Waals surface area contributed by atoms with Gasteiger partial charge in [-0.2, -0.15) is 0 Å². The van der Waals surface area contributed by atoms with Crippen LogP contribution < -0.4 is 11.5 Å². The Kier molecular flexibility index (Phi) is 4.33. The number of nitrogens with two attached hydrogens (primary N) is 2. The third-order valence-corrected chi connectivity index (χ3v) is 4.59. The van der Waals surface area contributed by atoms with Crippen molar-refractivity contribution in [3.8, 4) is 0 Å². The van der Waals surface area contributed by atoms with E-state index in [1.807, 2.05) is 54.6 Å². The average Bonchev–Trinajstić information content (AvgIpc) is 3.08. The first kappa shape index (κ1) is 17.4. The molecule has 0 spiro atoms. The summed E-state index contributed by atoms with van der Waals surface area (Å²) in [6.45, 7) is 0.314. The van der Waals surface area contributed by atoms with Gasteiger partial charge >= 0.3 is 0 Å². The third kappa shape index (κ3) is 3.09. The Bertz CT molecular complexity index is 1190. The molecule has 7 heteroatoms. The van der Waals surface area contributed by atoms with Crippen molar-refractivity contribution in [1.82, 2.24) is 15.0 Å². The summed E-state index contributed by atoms with van der Waals surface area (Å²) in [7, 11) is 0. The van der Waals surface area contributed by atoms with Crippen LogP contribution in [0.1, 0.15) is 32.0 Å². The number of hydrogen-bond donors (Lipinski definition) is 2. The zero-order chi connectivity index (χ0) is 19.7. The van der Waals surface area contributed by atoms with E-state index in [0.29, 0.717) is 17.7 Å². The van der Waals surface area contributed by atoms with Gasteiger partial charge in [0.25, 0.3) is 5.91 Å². The van der Waals surface area contributed by atoms with Crippen LogP contribution >= 0.6 is 0 Å². The molecule has 0 radical (unpaired) electrons. The zero-order valence-electron chi connectivity index (χ0n) is 14.9.